The van der Waals surface area contributed by atoms with Gasteiger partial charge in [0.2, 0.25) is 5.69 Å². The zero-order valence-corrected chi connectivity index (χ0v) is 36.6. The van der Waals surface area contributed by atoms with E-state index in [2.05, 4.69) is 134 Å². The topological polar surface area (TPSA) is 76.9 Å². The number of furan rings is 1. The molecule has 0 aliphatic rings. The molecule has 0 radical (unpaired) electrons. The minimum Gasteiger partial charge on any atom is -0.456 e. The minimum absolute atomic E-state index is 0.387. The smallest absolute Gasteiger partial charge is 0.220 e. The first-order valence-electron chi connectivity index (χ1n) is 22.4. The maximum Gasteiger partial charge on any atom is 0.220 e. The largest absolute Gasteiger partial charge is 0.456 e. The number of benzene rings is 10. The van der Waals surface area contributed by atoms with E-state index in [1.165, 1.54) is 10.1 Å². The first kappa shape index (κ1) is 36.9. The average molecular weight is 883 g/mol. The van der Waals surface area contributed by atoms with Crippen molar-refractivity contribution in [2.75, 3.05) is 0 Å². The summed E-state index contributed by atoms with van der Waals surface area (Å²) in [7, 11) is 0. The number of fused-ring (bicyclic) bond motifs is 14. The zero-order valence-electron chi connectivity index (χ0n) is 35.8. The van der Waals surface area contributed by atoms with Gasteiger partial charge in [0.05, 0.1) is 55.8 Å². The van der Waals surface area contributed by atoms with Gasteiger partial charge in [-0.3, -0.25) is 0 Å². The van der Waals surface area contributed by atoms with Gasteiger partial charge in [0, 0.05) is 75.9 Å². The van der Waals surface area contributed by atoms with Crippen LogP contribution in [0.5, 0.6) is 0 Å². The maximum atomic E-state index is 12.1. The third-order valence-electron chi connectivity index (χ3n) is 14.1. The van der Waals surface area contributed by atoms with Crippen molar-refractivity contribution in [3.8, 4) is 39.7 Å². The van der Waals surface area contributed by atoms with Gasteiger partial charge in [0.15, 0.2) is 0 Å². The molecule has 0 fully saturated rings. The molecule has 0 amide bonds. The van der Waals surface area contributed by atoms with Crippen LogP contribution in [0.1, 0.15) is 5.56 Å². The molecule has 0 unspecified atom stereocenters. The van der Waals surface area contributed by atoms with Crippen molar-refractivity contribution in [2.24, 2.45) is 0 Å². The predicted molar refractivity (Wildman–Crippen MR) is 279 cm³/mol. The summed E-state index contributed by atoms with van der Waals surface area (Å²) in [6.45, 7) is 9.32. The molecule has 5 heterocycles. The molecular weight excluding hydrogens is 853 g/mol. The van der Waals surface area contributed by atoms with Crippen LogP contribution in [0.25, 0.3) is 146 Å². The first-order chi connectivity index (χ1) is 33.7. The number of para-hydroxylation sites is 1. The Bertz CT molecular complexity index is 4670. The number of aromatic nitrogens is 4. The summed E-state index contributed by atoms with van der Waals surface area (Å²) in [5.74, 6) is 0. The second-order valence-electron chi connectivity index (χ2n) is 17.3. The lowest BCUT2D eigenvalue weighted by Gasteiger charge is -2.25. The van der Waals surface area contributed by atoms with Crippen LogP contribution in [-0.4, -0.2) is 19.1 Å². The van der Waals surface area contributed by atoms with E-state index in [1.807, 2.05) is 66.9 Å². The molecule has 0 aliphatic carbocycles. The third-order valence-corrected chi connectivity index (χ3v) is 15.3. The molecule has 8 heteroatoms. The Morgan fingerprint density at radius 2 is 1.18 bits per heavy atom. The van der Waals surface area contributed by atoms with Crippen molar-refractivity contribution >= 4 is 124 Å². The fourth-order valence-corrected chi connectivity index (χ4v) is 12.7. The number of nitrogens with zero attached hydrogens (tertiary/aromatic N) is 6. The van der Waals surface area contributed by atoms with E-state index in [4.69, 9.17) is 9.40 Å². The van der Waals surface area contributed by atoms with Gasteiger partial charge in [0.1, 0.15) is 23.6 Å². The average Bonchev–Trinajstić information content (AvgIpc) is 4.16. The van der Waals surface area contributed by atoms with E-state index in [9.17, 15) is 11.8 Å². The lowest BCUT2D eigenvalue weighted by Crippen LogP contribution is -2.08. The van der Waals surface area contributed by atoms with Crippen molar-refractivity contribution in [1.29, 1.82) is 5.26 Å². The number of rotatable bonds is 4. The van der Waals surface area contributed by atoms with E-state index < -0.39 is 0 Å². The van der Waals surface area contributed by atoms with Gasteiger partial charge < -0.3 is 13.6 Å². The molecule has 15 rings (SSSR count). The molecule has 0 bridgehead atoms. The van der Waals surface area contributed by atoms with Crippen LogP contribution in [0.3, 0.4) is 0 Å². The summed E-state index contributed by atoms with van der Waals surface area (Å²) < 4.78 is 13.5. The highest BCUT2D eigenvalue weighted by Gasteiger charge is 2.33. The predicted octanol–water partition coefficient (Wildman–Crippen LogP) is 16.4. The van der Waals surface area contributed by atoms with E-state index in [0.29, 0.717) is 28.2 Å². The molecule has 68 heavy (non-hydrogen) atoms. The van der Waals surface area contributed by atoms with Gasteiger partial charge in [-0.25, -0.2) is 14.8 Å². The summed E-state index contributed by atoms with van der Waals surface area (Å²) in [5, 5.41) is 23.6. The number of nitriles is 1. The lowest BCUT2D eigenvalue weighted by molar-refractivity contribution is 0.669. The van der Waals surface area contributed by atoms with Gasteiger partial charge >= 0.3 is 0 Å². The Balaban J connectivity index is 1.25. The summed E-state index contributed by atoms with van der Waals surface area (Å²) in [4.78, 5) is 13.9. The second kappa shape index (κ2) is 13.6. The Hall–Kier alpha value is -9.34. The normalized spacial score (nSPS) is 12.1. The standard InChI is InChI=1S/C60H30N6OS/c1-62-56-49(33-14-4-2-5-15-33)41(30-61)57(50(34-16-6-3-7-17-34)59(56)65-43-22-12-20-36-42-31-63-32-64-55(42)39-21-13-23-44(65)52(39)51(36)43)66-45-28-29-47-54(38-19-8-10-24-46(38)67-47)53(45)40-27-26-37-35-18-9-11-25-48(35)68-60(37)58(40)66/h2-29,31-32H. The molecule has 10 aromatic carbocycles. The van der Waals surface area contributed by atoms with Gasteiger partial charge in [-0.1, -0.05) is 133 Å². The van der Waals surface area contributed by atoms with Gasteiger partial charge in [-0.15, -0.1) is 11.3 Å². The van der Waals surface area contributed by atoms with Crippen molar-refractivity contribution in [3.05, 3.63) is 199 Å². The van der Waals surface area contributed by atoms with Crippen LogP contribution in [0, 0.1) is 17.9 Å². The van der Waals surface area contributed by atoms with Gasteiger partial charge in [-0.2, -0.15) is 5.26 Å². The van der Waals surface area contributed by atoms with Crippen LogP contribution in [-0.2, 0) is 0 Å². The Kier molecular flexibility index (Phi) is 7.39. The summed E-state index contributed by atoms with van der Waals surface area (Å²) in [6, 6.07) is 61.4. The number of thiophene rings is 1. The maximum absolute atomic E-state index is 12.1. The van der Waals surface area contributed by atoms with Gasteiger partial charge in [0.25, 0.3) is 0 Å². The van der Waals surface area contributed by atoms with Crippen LogP contribution in [0.15, 0.2) is 187 Å². The molecule has 0 atom stereocenters. The van der Waals surface area contributed by atoms with Crippen LogP contribution < -0.4 is 0 Å². The fourth-order valence-electron chi connectivity index (χ4n) is 11.5. The van der Waals surface area contributed by atoms with E-state index in [-0.39, 0.29) is 0 Å². The molecular formula is C60H30N6OS. The quantitative estimate of drug-likeness (QED) is 0.130. The molecule has 0 N–H and O–H groups in total. The number of hydrogen-bond acceptors (Lipinski definition) is 5. The number of hydrogen-bond donors (Lipinski definition) is 0. The Labute approximate surface area is 390 Å². The van der Waals surface area contributed by atoms with Crippen molar-refractivity contribution in [3.63, 3.8) is 0 Å². The minimum atomic E-state index is 0.387. The van der Waals surface area contributed by atoms with Crippen LogP contribution >= 0.6 is 11.3 Å². The summed E-state index contributed by atoms with van der Waals surface area (Å²) >= 11 is 1.77. The Morgan fingerprint density at radius 1 is 0.529 bits per heavy atom. The zero-order chi connectivity index (χ0) is 44.8. The molecule has 15 aromatic rings. The van der Waals surface area contributed by atoms with Gasteiger partial charge in [-0.05, 0) is 52.9 Å². The highest BCUT2D eigenvalue weighted by atomic mass is 32.1. The summed E-state index contributed by atoms with van der Waals surface area (Å²) in [6.07, 6.45) is 3.52. The van der Waals surface area contributed by atoms with E-state index >= 15 is 0 Å². The van der Waals surface area contributed by atoms with E-state index in [0.717, 1.165) is 114 Å². The third kappa shape index (κ3) is 4.68. The second-order valence-corrected chi connectivity index (χ2v) is 18.4. The van der Waals surface area contributed by atoms with Crippen molar-refractivity contribution in [1.82, 2.24) is 19.1 Å². The Morgan fingerprint density at radius 3 is 1.96 bits per heavy atom. The molecule has 0 spiro atoms. The molecule has 7 nitrogen and oxygen atoms in total. The van der Waals surface area contributed by atoms with Crippen LogP contribution in [0.2, 0.25) is 0 Å². The van der Waals surface area contributed by atoms with Crippen LogP contribution in [0.4, 0.5) is 5.69 Å². The fraction of sp³-hybridized carbons (Fsp3) is 0. The highest BCUT2D eigenvalue weighted by Crippen LogP contribution is 2.55. The highest BCUT2D eigenvalue weighted by molar-refractivity contribution is 7.26. The molecule has 5 aromatic heterocycles. The van der Waals surface area contributed by atoms with Crippen molar-refractivity contribution in [2.45, 2.75) is 0 Å². The first-order valence-corrected chi connectivity index (χ1v) is 23.2. The SMILES string of the molecule is [C-]#[N+]c1c(-c2ccccc2)c(C#N)c(-n2c3ccc4oc5ccccc5c4c3c3ccc4c5ccccc5sc4c32)c(-c2ccccc2)c1-n1c2cccc3c4cncnc4c4cccc1c4c32. The monoisotopic (exact) mass is 882 g/mol. The molecule has 0 saturated carbocycles. The van der Waals surface area contributed by atoms with E-state index in [1.54, 1.807) is 17.7 Å². The molecule has 0 aliphatic heterocycles. The molecule has 312 valence electrons. The molecule has 0 saturated heterocycles. The lowest BCUT2D eigenvalue weighted by atomic mass is 9.88. The van der Waals surface area contributed by atoms with Crippen molar-refractivity contribution < 1.29 is 4.42 Å². The summed E-state index contributed by atoms with van der Waals surface area (Å²) in [5.41, 5.74) is 11.5.